The van der Waals surface area contributed by atoms with Crippen molar-refractivity contribution in [3.05, 3.63) is 11.3 Å². The molecular weight excluding hydrogens is 218 g/mol. The lowest BCUT2D eigenvalue weighted by molar-refractivity contribution is 0.0697. The molecule has 1 rings (SSSR count). The van der Waals surface area contributed by atoms with Gasteiger partial charge in [0.2, 0.25) is 0 Å². The Kier molecular flexibility index (Phi) is 3.50. The second kappa shape index (κ2) is 4.39. The van der Waals surface area contributed by atoms with Crippen molar-refractivity contribution in [3.63, 3.8) is 0 Å². The number of carbonyl (C=O) groups is 1. The van der Waals surface area contributed by atoms with Crippen LogP contribution in [0.4, 0.5) is 5.82 Å². The molecule has 0 saturated carbocycles. The molecule has 1 unspecified atom stereocenters. The lowest BCUT2D eigenvalue weighted by atomic mass is 9.88. The maximum absolute atomic E-state index is 11.2. The number of aromatic nitrogens is 2. The molecule has 1 heterocycles. The van der Waals surface area contributed by atoms with Crippen LogP contribution in [0.2, 0.25) is 0 Å². The molecule has 0 amide bonds. The highest BCUT2D eigenvalue weighted by atomic mass is 16.4. The number of hydrogen-bond donors (Lipinski definition) is 2. The molecular formula is C12H21N3O2. The van der Waals surface area contributed by atoms with Crippen molar-refractivity contribution in [3.8, 4) is 0 Å². The number of anilines is 1. The van der Waals surface area contributed by atoms with Crippen LogP contribution < -0.4 is 5.32 Å². The summed E-state index contributed by atoms with van der Waals surface area (Å²) in [5.74, 6) is -0.378. The minimum atomic E-state index is -0.945. The standard InChI is InChI=1S/C12H21N3O2/c1-7-9(11(16)17)10(15(6)14-7)13-8(2)12(3,4)5/h8,13H,1-6H3,(H,16,17). The number of nitrogens with zero attached hydrogens (tertiary/aromatic N) is 2. The van der Waals surface area contributed by atoms with Crippen LogP contribution in [-0.4, -0.2) is 26.9 Å². The number of aromatic carboxylic acids is 1. The van der Waals surface area contributed by atoms with Crippen molar-refractivity contribution in [2.75, 3.05) is 5.32 Å². The van der Waals surface area contributed by atoms with Gasteiger partial charge in [-0.15, -0.1) is 0 Å². The average Bonchev–Trinajstić information content (AvgIpc) is 2.39. The maximum Gasteiger partial charge on any atom is 0.341 e. The lowest BCUT2D eigenvalue weighted by Gasteiger charge is -2.29. The molecule has 96 valence electrons. The molecule has 5 heteroatoms. The van der Waals surface area contributed by atoms with Crippen LogP contribution in [0.15, 0.2) is 0 Å². The fourth-order valence-electron chi connectivity index (χ4n) is 1.50. The van der Waals surface area contributed by atoms with Gasteiger partial charge in [0, 0.05) is 13.1 Å². The molecule has 0 aromatic carbocycles. The Labute approximate surface area is 102 Å². The van der Waals surface area contributed by atoms with E-state index in [1.54, 1.807) is 18.7 Å². The number of carboxylic acid groups (broad SMARTS) is 1. The maximum atomic E-state index is 11.2. The molecule has 0 aliphatic carbocycles. The van der Waals surface area contributed by atoms with Gasteiger partial charge in [-0.05, 0) is 19.3 Å². The van der Waals surface area contributed by atoms with Crippen molar-refractivity contribution in [1.29, 1.82) is 0 Å². The van der Waals surface area contributed by atoms with Gasteiger partial charge in [0.05, 0.1) is 5.69 Å². The van der Waals surface area contributed by atoms with E-state index in [4.69, 9.17) is 0 Å². The predicted molar refractivity (Wildman–Crippen MR) is 67.4 cm³/mol. The highest BCUT2D eigenvalue weighted by Gasteiger charge is 2.25. The molecule has 5 nitrogen and oxygen atoms in total. The Balaban J connectivity index is 3.10. The molecule has 1 atom stereocenters. The van der Waals surface area contributed by atoms with E-state index < -0.39 is 5.97 Å². The number of rotatable bonds is 3. The zero-order chi connectivity index (χ0) is 13.4. The third kappa shape index (κ3) is 2.78. The molecule has 0 spiro atoms. The molecule has 0 saturated heterocycles. The van der Waals surface area contributed by atoms with Crippen molar-refractivity contribution in [2.24, 2.45) is 12.5 Å². The highest BCUT2D eigenvalue weighted by Crippen LogP contribution is 2.25. The summed E-state index contributed by atoms with van der Waals surface area (Å²) in [6, 6.07) is 0.149. The smallest absolute Gasteiger partial charge is 0.341 e. The first-order chi connectivity index (χ1) is 7.64. The van der Waals surface area contributed by atoms with E-state index in [2.05, 4.69) is 31.2 Å². The van der Waals surface area contributed by atoms with Gasteiger partial charge in [0.15, 0.2) is 0 Å². The predicted octanol–water partition coefficient (Wildman–Crippen LogP) is 2.27. The molecule has 1 aromatic heterocycles. The Hall–Kier alpha value is -1.52. The Morgan fingerprint density at radius 2 is 2.00 bits per heavy atom. The van der Waals surface area contributed by atoms with Crippen LogP contribution in [0.25, 0.3) is 0 Å². The molecule has 0 bridgehead atoms. The van der Waals surface area contributed by atoms with Gasteiger partial charge in [-0.3, -0.25) is 4.68 Å². The van der Waals surface area contributed by atoms with Crippen LogP contribution in [0, 0.1) is 12.3 Å². The Morgan fingerprint density at radius 3 is 2.41 bits per heavy atom. The summed E-state index contributed by atoms with van der Waals surface area (Å²) in [5.41, 5.74) is 0.834. The third-order valence-electron chi connectivity index (χ3n) is 3.09. The molecule has 0 radical (unpaired) electrons. The van der Waals surface area contributed by atoms with Gasteiger partial charge in [-0.25, -0.2) is 4.79 Å². The SMILES string of the molecule is Cc1nn(C)c(NC(C)C(C)(C)C)c1C(=O)O. The minimum absolute atomic E-state index is 0.0496. The fraction of sp³-hybridized carbons (Fsp3) is 0.667. The monoisotopic (exact) mass is 239 g/mol. The number of aryl methyl sites for hydroxylation is 2. The van der Waals surface area contributed by atoms with E-state index in [9.17, 15) is 9.90 Å². The summed E-state index contributed by atoms with van der Waals surface area (Å²) in [6.07, 6.45) is 0. The summed E-state index contributed by atoms with van der Waals surface area (Å²) in [5, 5.41) is 16.6. The molecule has 2 N–H and O–H groups in total. The zero-order valence-corrected chi connectivity index (χ0v) is 11.3. The van der Waals surface area contributed by atoms with Crippen LogP contribution >= 0.6 is 0 Å². The number of hydrogen-bond acceptors (Lipinski definition) is 3. The van der Waals surface area contributed by atoms with Gasteiger partial charge in [-0.1, -0.05) is 20.8 Å². The molecule has 0 fully saturated rings. The first kappa shape index (κ1) is 13.5. The van der Waals surface area contributed by atoms with Crippen LogP contribution in [0.1, 0.15) is 43.7 Å². The quantitative estimate of drug-likeness (QED) is 0.849. The van der Waals surface area contributed by atoms with E-state index in [0.717, 1.165) is 0 Å². The third-order valence-corrected chi connectivity index (χ3v) is 3.09. The summed E-state index contributed by atoms with van der Waals surface area (Å²) < 4.78 is 1.58. The van der Waals surface area contributed by atoms with Crippen LogP contribution in [0.3, 0.4) is 0 Å². The van der Waals surface area contributed by atoms with Gasteiger partial charge in [0.25, 0.3) is 0 Å². The van der Waals surface area contributed by atoms with E-state index in [1.807, 2.05) is 6.92 Å². The van der Waals surface area contributed by atoms with Crippen LogP contribution in [-0.2, 0) is 7.05 Å². The van der Waals surface area contributed by atoms with E-state index in [1.165, 1.54) is 0 Å². The van der Waals surface area contributed by atoms with Crippen molar-refractivity contribution >= 4 is 11.8 Å². The van der Waals surface area contributed by atoms with Gasteiger partial charge in [-0.2, -0.15) is 5.10 Å². The van der Waals surface area contributed by atoms with Gasteiger partial charge in [0.1, 0.15) is 11.4 Å². The number of carboxylic acids is 1. The summed E-state index contributed by atoms with van der Waals surface area (Å²) in [6.45, 7) is 10.1. The van der Waals surface area contributed by atoms with E-state index in [-0.39, 0.29) is 17.0 Å². The van der Waals surface area contributed by atoms with Crippen molar-refractivity contribution < 1.29 is 9.90 Å². The fourth-order valence-corrected chi connectivity index (χ4v) is 1.50. The van der Waals surface area contributed by atoms with Gasteiger partial charge >= 0.3 is 5.97 Å². The molecule has 0 aliphatic rings. The van der Waals surface area contributed by atoms with Gasteiger partial charge < -0.3 is 10.4 Å². The molecule has 0 aliphatic heterocycles. The van der Waals surface area contributed by atoms with Crippen LogP contribution in [0.5, 0.6) is 0 Å². The largest absolute Gasteiger partial charge is 0.477 e. The van der Waals surface area contributed by atoms with Crippen molar-refractivity contribution in [2.45, 2.75) is 40.7 Å². The minimum Gasteiger partial charge on any atom is -0.477 e. The van der Waals surface area contributed by atoms with E-state index in [0.29, 0.717) is 11.5 Å². The molecule has 17 heavy (non-hydrogen) atoms. The molecule has 1 aromatic rings. The summed E-state index contributed by atoms with van der Waals surface area (Å²) in [7, 11) is 1.75. The number of nitrogens with one attached hydrogen (secondary N) is 1. The average molecular weight is 239 g/mol. The first-order valence-electron chi connectivity index (χ1n) is 5.68. The highest BCUT2D eigenvalue weighted by molar-refractivity contribution is 5.94. The Morgan fingerprint density at radius 1 is 1.47 bits per heavy atom. The van der Waals surface area contributed by atoms with E-state index >= 15 is 0 Å². The zero-order valence-electron chi connectivity index (χ0n) is 11.3. The Bertz CT molecular complexity index is 430. The normalized spacial score (nSPS) is 13.5. The lowest BCUT2D eigenvalue weighted by Crippen LogP contribution is -2.32. The summed E-state index contributed by atoms with van der Waals surface area (Å²) >= 11 is 0. The van der Waals surface area contributed by atoms with Crippen molar-refractivity contribution in [1.82, 2.24) is 9.78 Å². The summed E-state index contributed by atoms with van der Waals surface area (Å²) in [4.78, 5) is 11.2. The second-order valence-corrected chi connectivity index (χ2v) is 5.47. The first-order valence-corrected chi connectivity index (χ1v) is 5.68. The topological polar surface area (TPSA) is 67.2 Å². The second-order valence-electron chi connectivity index (χ2n) is 5.47.